The maximum absolute atomic E-state index is 12.3. The highest BCUT2D eigenvalue weighted by Gasteiger charge is 2.36. The van der Waals surface area contributed by atoms with E-state index in [1.807, 2.05) is 19.9 Å². The Bertz CT molecular complexity index is 436. The van der Waals surface area contributed by atoms with Crippen LogP contribution in [0.25, 0.3) is 0 Å². The van der Waals surface area contributed by atoms with Crippen LogP contribution in [0.2, 0.25) is 0 Å². The summed E-state index contributed by atoms with van der Waals surface area (Å²) in [6, 6.07) is 8.36. The van der Waals surface area contributed by atoms with E-state index in [0.717, 1.165) is 25.1 Å². The van der Waals surface area contributed by atoms with Crippen LogP contribution in [0.15, 0.2) is 24.3 Å². The van der Waals surface area contributed by atoms with E-state index >= 15 is 0 Å². The molecule has 0 aromatic heterocycles. The van der Waals surface area contributed by atoms with E-state index in [0.29, 0.717) is 0 Å². The molecule has 2 atom stereocenters. The zero-order valence-corrected chi connectivity index (χ0v) is 11.4. The van der Waals surface area contributed by atoms with E-state index in [2.05, 4.69) is 35.8 Å². The molecule has 1 fully saturated rings. The minimum absolute atomic E-state index is 0.0647. The van der Waals surface area contributed by atoms with Gasteiger partial charge >= 0.3 is 0 Å². The molecule has 0 radical (unpaired) electrons. The largest absolute Gasteiger partial charge is 0.349 e. The molecule has 2 N–H and O–H groups in total. The van der Waals surface area contributed by atoms with Gasteiger partial charge in [0.25, 0.3) is 0 Å². The van der Waals surface area contributed by atoms with E-state index in [1.165, 1.54) is 5.56 Å². The van der Waals surface area contributed by atoms with Crippen molar-refractivity contribution in [3.8, 4) is 0 Å². The smallest absolute Gasteiger partial charge is 0.227 e. The van der Waals surface area contributed by atoms with E-state index < -0.39 is 0 Å². The quantitative estimate of drug-likeness (QED) is 0.858. The second kappa shape index (κ2) is 5.11. The molecule has 1 aromatic rings. The fourth-order valence-corrected chi connectivity index (χ4v) is 2.40. The molecule has 1 aliphatic rings. The number of carbonyl (C=O) groups excluding carboxylic acids is 1. The number of aryl methyl sites for hydroxylation is 1. The number of nitrogens with one attached hydrogen (secondary N) is 2. The fourth-order valence-electron chi connectivity index (χ4n) is 2.40. The summed E-state index contributed by atoms with van der Waals surface area (Å²) in [5, 5.41) is 6.38. The van der Waals surface area contributed by atoms with Gasteiger partial charge in [0.15, 0.2) is 0 Å². The van der Waals surface area contributed by atoms with E-state index in [-0.39, 0.29) is 17.4 Å². The van der Waals surface area contributed by atoms with E-state index in [1.54, 1.807) is 0 Å². The Labute approximate surface area is 109 Å². The van der Waals surface area contributed by atoms with Crippen molar-refractivity contribution >= 4 is 5.91 Å². The maximum Gasteiger partial charge on any atom is 0.227 e. The second-order valence-electron chi connectivity index (χ2n) is 5.60. The molecule has 1 aromatic carbocycles. The predicted molar refractivity (Wildman–Crippen MR) is 73.3 cm³/mol. The molecule has 0 aliphatic carbocycles. The summed E-state index contributed by atoms with van der Waals surface area (Å²) in [5.74, 6) is 0.154. The van der Waals surface area contributed by atoms with Gasteiger partial charge in [-0.1, -0.05) is 29.8 Å². The van der Waals surface area contributed by atoms with Gasteiger partial charge in [0.1, 0.15) is 0 Å². The van der Waals surface area contributed by atoms with Gasteiger partial charge in [0.2, 0.25) is 5.91 Å². The van der Waals surface area contributed by atoms with Gasteiger partial charge in [0.05, 0.1) is 11.5 Å². The fraction of sp³-hybridized carbons (Fsp3) is 0.533. The van der Waals surface area contributed by atoms with Crippen LogP contribution in [0, 0.1) is 12.3 Å². The Hall–Kier alpha value is -1.35. The summed E-state index contributed by atoms with van der Waals surface area (Å²) in [7, 11) is 0. The van der Waals surface area contributed by atoms with Crippen molar-refractivity contribution < 1.29 is 4.79 Å². The van der Waals surface area contributed by atoms with Gasteiger partial charge < -0.3 is 10.6 Å². The first-order valence-corrected chi connectivity index (χ1v) is 6.59. The molecule has 0 saturated carbocycles. The molecule has 1 heterocycles. The van der Waals surface area contributed by atoms with Gasteiger partial charge in [-0.3, -0.25) is 4.79 Å². The number of rotatable bonds is 3. The standard InChI is InChI=1S/C15H22N2O/c1-11-5-4-6-13(9-11)12(2)17-14(18)15(3)7-8-16-10-15/h4-6,9,12,16H,7-8,10H2,1-3H3,(H,17,18)/t12-,15?/m1/s1. The van der Waals surface area contributed by atoms with Crippen molar-refractivity contribution in [3.05, 3.63) is 35.4 Å². The van der Waals surface area contributed by atoms with Gasteiger partial charge in [-0.15, -0.1) is 0 Å². The number of hydrogen-bond acceptors (Lipinski definition) is 2. The summed E-state index contributed by atoms with van der Waals surface area (Å²) in [6.45, 7) is 7.85. The van der Waals surface area contributed by atoms with Crippen LogP contribution in [0.4, 0.5) is 0 Å². The molecule has 3 nitrogen and oxygen atoms in total. The molecule has 18 heavy (non-hydrogen) atoms. The van der Waals surface area contributed by atoms with Crippen LogP contribution in [0.3, 0.4) is 0 Å². The number of amides is 1. The topological polar surface area (TPSA) is 41.1 Å². The zero-order chi connectivity index (χ0) is 13.2. The molecular weight excluding hydrogens is 224 g/mol. The Morgan fingerprint density at radius 3 is 2.89 bits per heavy atom. The van der Waals surface area contributed by atoms with Gasteiger partial charge in [-0.25, -0.2) is 0 Å². The third kappa shape index (κ3) is 2.72. The summed E-state index contributed by atoms with van der Waals surface area (Å²) in [4.78, 5) is 12.3. The average molecular weight is 246 g/mol. The summed E-state index contributed by atoms with van der Waals surface area (Å²) < 4.78 is 0. The molecule has 1 amide bonds. The Morgan fingerprint density at radius 2 is 2.28 bits per heavy atom. The van der Waals surface area contributed by atoms with Crippen molar-refractivity contribution in [1.29, 1.82) is 0 Å². The molecule has 3 heteroatoms. The molecule has 1 aliphatic heterocycles. The van der Waals surface area contributed by atoms with Crippen molar-refractivity contribution in [2.75, 3.05) is 13.1 Å². The van der Waals surface area contributed by atoms with Gasteiger partial charge in [0, 0.05) is 6.54 Å². The minimum Gasteiger partial charge on any atom is -0.349 e. The normalized spacial score (nSPS) is 24.8. The van der Waals surface area contributed by atoms with Gasteiger partial charge in [-0.2, -0.15) is 0 Å². The number of hydrogen-bond donors (Lipinski definition) is 2. The van der Waals surface area contributed by atoms with Crippen molar-refractivity contribution in [2.24, 2.45) is 5.41 Å². The van der Waals surface area contributed by atoms with E-state index in [9.17, 15) is 4.79 Å². The zero-order valence-electron chi connectivity index (χ0n) is 11.4. The monoisotopic (exact) mass is 246 g/mol. The van der Waals surface area contributed by atoms with Crippen LogP contribution in [-0.4, -0.2) is 19.0 Å². The van der Waals surface area contributed by atoms with Crippen molar-refractivity contribution in [2.45, 2.75) is 33.2 Å². The molecule has 0 bridgehead atoms. The van der Waals surface area contributed by atoms with Crippen LogP contribution in [0.1, 0.15) is 37.4 Å². The number of carbonyl (C=O) groups is 1. The summed E-state index contributed by atoms with van der Waals surface area (Å²) in [5.41, 5.74) is 2.14. The Kier molecular flexibility index (Phi) is 3.71. The first-order chi connectivity index (χ1) is 8.51. The van der Waals surface area contributed by atoms with Crippen LogP contribution >= 0.6 is 0 Å². The third-order valence-electron chi connectivity index (χ3n) is 3.81. The molecule has 2 rings (SSSR count). The lowest BCUT2D eigenvalue weighted by atomic mass is 9.88. The second-order valence-corrected chi connectivity index (χ2v) is 5.60. The van der Waals surface area contributed by atoms with Crippen LogP contribution < -0.4 is 10.6 Å². The van der Waals surface area contributed by atoms with E-state index in [4.69, 9.17) is 0 Å². The molecule has 0 spiro atoms. The predicted octanol–water partition coefficient (Wildman–Crippen LogP) is 2.17. The SMILES string of the molecule is Cc1cccc([C@@H](C)NC(=O)C2(C)CCNC2)c1. The van der Waals surface area contributed by atoms with Gasteiger partial charge in [-0.05, 0) is 39.3 Å². The molecule has 1 unspecified atom stereocenters. The van der Waals surface area contributed by atoms with Crippen molar-refractivity contribution in [1.82, 2.24) is 10.6 Å². The lowest BCUT2D eigenvalue weighted by Gasteiger charge is -2.24. The molecule has 98 valence electrons. The molecular formula is C15H22N2O. The van der Waals surface area contributed by atoms with Crippen LogP contribution in [0.5, 0.6) is 0 Å². The minimum atomic E-state index is -0.252. The first-order valence-electron chi connectivity index (χ1n) is 6.59. The average Bonchev–Trinajstić information content (AvgIpc) is 2.77. The summed E-state index contributed by atoms with van der Waals surface area (Å²) in [6.07, 6.45) is 0.916. The summed E-state index contributed by atoms with van der Waals surface area (Å²) >= 11 is 0. The first kappa shape index (κ1) is 13.1. The molecule has 1 saturated heterocycles. The maximum atomic E-state index is 12.3. The lowest BCUT2D eigenvalue weighted by molar-refractivity contribution is -0.129. The Morgan fingerprint density at radius 1 is 1.50 bits per heavy atom. The third-order valence-corrected chi connectivity index (χ3v) is 3.81. The highest BCUT2D eigenvalue weighted by atomic mass is 16.2. The highest BCUT2D eigenvalue weighted by Crippen LogP contribution is 2.26. The number of benzene rings is 1. The lowest BCUT2D eigenvalue weighted by Crippen LogP contribution is -2.41. The highest BCUT2D eigenvalue weighted by molar-refractivity contribution is 5.83. The Balaban J connectivity index is 2.03. The van der Waals surface area contributed by atoms with Crippen LogP contribution in [-0.2, 0) is 4.79 Å². The van der Waals surface area contributed by atoms with Crippen molar-refractivity contribution in [3.63, 3.8) is 0 Å².